The van der Waals surface area contributed by atoms with Gasteiger partial charge in [-0.05, 0) is 44.8 Å². The minimum atomic E-state index is 0.352. The lowest BCUT2D eigenvalue weighted by molar-refractivity contribution is -0.114. The van der Waals surface area contributed by atoms with Crippen LogP contribution in [0.15, 0.2) is 22.8 Å². The molecule has 0 unspecified atom stereocenters. The molecule has 0 aromatic rings. The molecule has 12 heavy (non-hydrogen) atoms. The molecule has 1 aliphatic carbocycles. The molecular formula is C11H16O. The van der Waals surface area contributed by atoms with E-state index >= 15 is 0 Å². The van der Waals surface area contributed by atoms with Crippen LogP contribution in [0, 0.1) is 0 Å². The van der Waals surface area contributed by atoms with Gasteiger partial charge in [-0.25, -0.2) is 0 Å². The monoisotopic (exact) mass is 164 g/mol. The zero-order chi connectivity index (χ0) is 9.14. The third kappa shape index (κ3) is 2.07. The van der Waals surface area contributed by atoms with Gasteiger partial charge in [0.2, 0.25) is 0 Å². The summed E-state index contributed by atoms with van der Waals surface area (Å²) in [6.07, 6.45) is 4.87. The number of hydrogen-bond donors (Lipinski definition) is 0. The fraction of sp³-hybridized carbons (Fsp3) is 0.545. The highest BCUT2D eigenvalue weighted by Gasteiger charge is 2.18. The van der Waals surface area contributed by atoms with Gasteiger partial charge >= 0.3 is 0 Å². The molecule has 0 bridgehead atoms. The van der Waals surface area contributed by atoms with E-state index in [9.17, 15) is 4.79 Å². The van der Waals surface area contributed by atoms with Gasteiger partial charge in [-0.3, -0.25) is 4.79 Å². The Bertz CT molecular complexity index is 252. The smallest absolute Gasteiger partial charge is 0.159 e. The van der Waals surface area contributed by atoms with Crippen molar-refractivity contribution in [3.63, 3.8) is 0 Å². The van der Waals surface area contributed by atoms with E-state index in [0.717, 1.165) is 30.4 Å². The molecule has 1 nitrogen and oxygen atoms in total. The Morgan fingerprint density at radius 1 is 1.25 bits per heavy atom. The van der Waals surface area contributed by atoms with Crippen molar-refractivity contribution in [2.75, 3.05) is 0 Å². The normalized spacial score (nSPS) is 21.1. The summed E-state index contributed by atoms with van der Waals surface area (Å²) in [7, 11) is 0. The number of rotatable bonds is 1. The zero-order valence-corrected chi connectivity index (χ0v) is 8.11. The molecule has 1 saturated carbocycles. The first-order valence-electron chi connectivity index (χ1n) is 4.49. The van der Waals surface area contributed by atoms with Crippen molar-refractivity contribution in [2.24, 2.45) is 0 Å². The van der Waals surface area contributed by atoms with Crippen LogP contribution in [0.3, 0.4) is 0 Å². The highest BCUT2D eigenvalue weighted by Crippen LogP contribution is 2.24. The lowest BCUT2D eigenvalue weighted by Crippen LogP contribution is -1.94. The zero-order valence-electron chi connectivity index (χ0n) is 8.11. The summed E-state index contributed by atoms with van der Waals surface area (Å²) < 4.78 is 0. The molecule has 0 amide bonds. The molecule has 0 aliphatic heterocycles. The fourth-order valence-electron chi connectivity index (χ4n) is 1.65. The van der Waals surface area contributed by atoms with Crippen molar-refractivity contribution in [3.8, 4) is 0 Å². The van der Waals surface area contributed by atoms with Crippen LogP contribution in [0.5, 0.6) is 0 Å². The van der Waals surface area contributed by atoms with E-state index in [4.69, 9.17) is 0 Å². The van der Waals surface area contributed by atoms with Crippen LogP contribution in [-0.2, 0) is 4.79 Å². The summed E-state index contributed by atoms with van der Waals surface area (Å²) in [4.78, 5) is 11.3. The molecule has 0 aromatic heterocycles. The van der Waals surface area contributed by atoms with Crippen LogP contribution in [0.1, 0.15) is 40.0 Å². The molecule has 66 valence electrons. The Kier molecular flexibility index (Phi) is 2.85. The van der Waals surface area contributed by atoms with Crippen molar-refractivity contribution in [3.05, 3.63) is 22.8 Å². The number of Topliss-reactive ketones (excluding diaryl/α,β-unsaturated/α-hetero) is 1. The molecule has 0 saturated heterocycles. The first kappa shape index (κ1) is 9.24. The van der Waals surface area contributed by atoms with E-state index in [-0.39, 0.29) is 0 Å². The second-order valence-corrected chi connectivity index (χ2v) is 3.66. The van der Waals surface area contributed by atoms with Gasteiger partial charge in [-0.2, -0.15) is 0 Å². The molecule has 1 aliphatic rings. The summed E-state index contributed by atoms with van der Waals surface area (Å²) in [6.45, 7) is 6.15. The summed E-state index contributed by atoms with van der Waals surface area (Å²) >= 11 is 0. The minimum Gasteiger partial charge on any atom is -0.295 e. The van der Waals surface area contributed by atoms with Crippen molar-refractivity contribution < 1.29 is 4.79 Å². The maximum atomic E-state index is 11.3. The van der Waals surface area contributed by atoms with Crippen molar-refractivity contribution in [1.82, 2.24) is 0 Å². The van der Waals surface area contributed by atoms with E-state index in [1.807, 2.05) is 6.92 Å². The Morgan fingerprint density at radius 2 is 1.92 bits per heavy atom. The van der Waals surface area contributed by atoms with Crippen LogP contribution in [0.25, 0.3) is 0 Å². The van der Waals surface area contributed by atoms with E-state index < -0.39 is 0 Å². The van der Waals surface area contributed by atoms with E-state index in [1.54, 1.807) is 0 Å². The van der Waals surface area contributed by atoms with Crippen molar-refractivity contribution >= 4 is 5.78 Å². The maximum Gasteiger partial charge on any atom is 0.159 e. The predicted molar refractivity (Wildman–Crippen MR) is 51.0 cm³/mol. The summed E-state index contributed by atoms with van der Waals surface area (Å²) in [5, 5.41) is 0. The molecule has 0 N–H and O–H groups in total. The van der Waals surface area contributed by atoms with E-state index in [2.05, 4.69) is 19.9 Å². The van der Waals surface area contributed by atoms with Crippen LogP contribution in [-0.4, -0.2) is 5.78 Å². The van der Waals surface area contributed by atoms with Crippen LogP contribution >= 0.6 is 0 Å². The molecule has 1 heteroatoms. The number of ketones is 1. The summed E-state index contributed by atoms with van der Waals surface area (Å²) in [5.74, 6) is 0.352. The Labute approximate surface area is 74.2 Å². The van der Waals surface area contributed by atoms with Gasteiger partial charge in [0.25, 0.3) is 0 Å². The number of carbonyl (C=O) groups is 1. The summed E-state index contributed by atoms with van der Waals surface area (Å²) in [5.41, 5.74) is 3.48. The average molecular weight is 164 g/mol. The molecule has 0 spiro atoms. The molecular weight excluding hydrogens is 148 g/mol. The van der Waals surface area contributed by atoms with Crippen LogP contribution in [0.4, 0.5) is 0 Å². The highest BCUT2D eigenvalue weighted by atomic mass is 16.1. The van der Waals surface area contributed by atoms with Crippen molar-refractivity contribution in [1.29, 1.82) is 0 Å². The SMILES string of the molecule is CC(C)=C/C(C)=C1/CCCC1=O. The number of allylic oxidation sites excluding steroid dienone is 4. The Morgan fingerprint density at radius 3 is 2.33 bits per heavy atom. The maximum absolute atomic E-state index is 11.3. The molecule has 0 heterocycles. The van der Waals surface area contributed by atoms with E-state index in [1.165, 1.54) is 5.57 Å². The van der Waals surface area contributed by atoms with Crippen LogP contribution < -0.4 is 0 Å². The lowest BCUT2D eigenvalue weighted by Gasteiger charge is -1.99. The lowest BCUT2D eigenvalue weighted by atomic mass is 10.1. The third-order valence-corrected chi connectivity index (χ3v) is 2.15. The van der Waals surface area contributed by atoms with Gasteiger partial charge in [-0.15, -0.1) is 0 Å². The molecule has 1 rings (SSSR count). The standard InChI is InChI=1S/C11H16O/c1-8(2)7-9(3)10-5-4-6-11(10)12/h7H,4-6H2,1-3H3/b10-9-. The topological polar surface area (TPSA) is 17.1 Å². The van der Waals surface area contributed by atoms with Crippen molar-refractivity contribution in [2.45, 2.75) is 40.0 Å². The summed E-state index contributed by atoms with van der Waals surface area (Å²) in [6, 6.07) is 0. The Balaban J connectivity index is 2.89. The molecule has 0 atom stereocenters. The van der Waals surface area contributed by atoms with E-state index in [0.29, 0.717) is 5.78 Å². The van der Waals surface area contributed by atoms with Gasteiger partial charge in [0.15, 0.2) is 5.78 Å². The van der Waals surface area contributed by atoms with Gasteiger partial charge < -0.3 is 0 Å². The quantitative estimate of drug-likeness (QED) is 0.544. The van der Waals surface area contributed by atoms with Gasteiger partial charge in [0, 0.05) is 6.42 Å². The van der Waals surface area contributed by atoms with Gasteiger partial charge in [-0.1, -0.05) is 11.6 Å². The highest BCUT2D eigenvalue weighted by molar-refractivity contribution is 5.98. The third-order valence-electron chi connectivity index (χ3n) is 2.15. The second-order valence-electron chi connectivity index (χ2n) is 3.66. The average Bonchev–Trinajstić information content (AvgIpc) is 2.33. The molecule has 1 fully saturated rings. The largest absolute Gasteiger partial charge is 0.295 e. The van der Waals surface area contributed by atoms with Crippen LogP contribution in [0.2, 0.25) is 0 Å². The van der Waals surface area contributed by atoms with Gasteiger partial charge in [0.1, 0.15) is 0 Å². The fourth-order valence-corrected chi connectivity index (χ4v) is 1.65. The minimum absolute atomic E-state index is 0.352. The second kappa shape index (κ2) is 3.70. The molecule has 0 aromatic carbocycles. The number of carbonyl (C=O) groups excluding carboxylic acids is 1. The Hall–Kier alpha value is -0.850. The first-order chi connectivity index (χ1) is 5.61. The predicted octanol–water partition coefficient (Wildman–Crippen LogP) is 3.02. The number of hydrogen-bond acceptors (Lipinski definition) is 1. The first-order valence-corrected chi connectivity index (χ1v) is 4.49. The van der Waals surface area contributed by atoms with Gasteiger partial charge in [0.05, 0.1) is 0 Å². The molecule has 0 radical (unpaired) electrons.